The molecule has 2 aliphatic rings. The molecule has 0 saturated carbocycles. The Balaban J connectivity index is 1.30. The van der Waals surface area contributed by atoms with Crippen LogP contribution in [0.3, 0.4) is 0 Å². The molecule has 0 aromatic carbocycles. The van der Waals surface area contributed by atoms with Gasteiger partial charge in [0, 0.05) is 56.2 Å². The predicted octanol–water partition coefficient (Wildman–Crippen LogP) is 2.78. The van der Waals surface area contributed by atoms with E-state index >= 15 is 0 Å². The van der Waals surface area contributed by atoms with Gasteiger partial charge in [0.15, 0.2) is 0 Å². The molecule has 2 aliphatic heterocycles. The van der Waals surface area contributed by atoms with Crippen LogP contribution in [0.5, 0.6) is 0 Å². The molecule has 0 aliphatic carbocycles. The Morgan fingerprint density at radius 3 is 3.21 bits per heavy atom. The van der Waals surface area contributed by atoms with Gasteiger partial charge in [-0.15, -0.1) is 11.3 Å². The topological polar surface area (TPSA) is 39.5 Å². The van der Waals surface area contributed by atoms with Crippen molar-refractivity contribution in [1.29, 1.82) is 0 Å². The van der Waals surface area contributed by atoms with Gasteiger partial charge in [-0.25, -0.2) is 0 Å². The summed E-state index contributed by atoms with van der Waals surface area (Å²) in [5.41, 5.74) is 0. The van der Waals surface area contributed by atoms with E-state index in [2.05, 4.69) is 27.5 Å². The second-order valence-corrected chi connectivity index (χ2v) is 7.62. The molecule has 2 saturated heterocycles. The first-order valence-electron chi connectivity index (χ1n) is 8.87. The molecule has 4 heterocycles. The van der Waals surface area contributed by atoms with Crippen LogP contribution >= 0.6 is 11.3 Å². The summed E-state index contributed by atoms with van der Waals surface area (Å²) in [4.78, 5) is 3.99. The van der Waals surface area contributed by atoms with Crippen molar-refractivity contribution in [3.8, 4) is 0 Å². The Hall–Kier alpha value is -1.21. The fraction of sp³-hybridized carbons (Fsp3) is 0.611. The third-order valence-electron chi connectivity index (χ3n) is 4.95. The largest absolute Gasteiger partial charge is 0.374 e. The molecule has 4 rings (SSSR count). The highest BCUT2D eigenvalue weighted by Gasteiger charge is 2.44. The molecule has 0 unspecified atom stereocenters. The number of ether oxygens (including phenoxy) is 2. The minimum atomic E-state index is 0.202. The lowest BCUT2D eigenvalue weighted by Gasteiger charge is -2.32. The molecule has 2 aromatic heterocycles. The molecule has 2 fully saturated rings. The molecule has 130 valence electrons. The second kappa shape index (κ2) is 7.78. The molecule has 24 heavy (non-hydrogen) atoms. The number of aromatic nitrogens is 2. The van der Waals surface area contributed by atoms with Gasteiger partial charge in [-0.3, -0.25) is 9.58 Å². The summed E-state index contributed by atoms with van der Waals surface area (Å²) >= 11 is 1.84. The van der Waals surface area contributed by atoms with Gasteiger partial charge in [0.25, 0.3) is 0 Å². The van der Waals surface area contributed by atoms with Gasteiger partial charge in [-0.05, 0) is 36.8 Å². The maximum atomic E-state index is 6.22. The van der Waals surface area contributed by atoms with E-state index in [0.717, 1.165) is 45.7 Å². The highest BCUT2D eigenvalue weighted by atomic mass is 32.1. The summed E-state index contributed by atoms with van der Waals surface area (Å²) < 4.78 is 14.3. The van der Waals surface area contributed by atoms with Gasteiger partial charge in [0.2, 0.25) is 0 Å². The minimum Gasteiger partial charge on any atom is -0.374 e. The van der Waals surface area contributed by atoms with Crippen molar-refractivity contribution in [2.24, 2.45) is 0 Å². The Morgan fingerprint density at radius 1 is 1.38 bits per heavy atom. The number of fused-ring (bicyclic) bond motifs is 1. The van der Waals surface area contributed by atoms with E-state index in [-0.39, 0.29) is 12.2 Å². The summed E-state index contributed by atoms with van der Waals surface area (Å²) in [6.45, 7) is 4.56. The SMILES string of the molecule is c1csc(CN2C[C@H](OCCCn3cccn3)[C@H]3OCCC[C@H]32)c1. The molecule has 6 heteroatoms. The molecule has 0 N–H and O–H groups in total. The number of hydrogen-bond donors (Lipinski definition) is 0. The first-order valence-corrected chi connectivity index (χ1v) is 9.75. The molecular weight excluding hydrogens is 322 g/mol. The van der Waals surface area contributed by atoms with E-state index < -0.39 is 0 Å². The number of nitrogens with zero attached hydrogens (tertiary/aromatic N) is 3. The maximum Gasteiger partial charge on any atom is 0.100 e. The number of thiophene rings is 1. The Bertz CT molecular complexity index is 602. The zero-order valence-corrected chi connectivity index (χ0v) is 14.7. The van der Waals surface area contributed by atoms with E-state index in [4.69, 9.17) is 9.47 Å². The summed E-state index contributed by atoms with van der Waals surface area (Å²) in [7, 11) is 0. The van der Waals surface area contributed by atoms with Crippen LogP contribution in [0.15, 0.2) is 36.0 Å². The van der Waals surface area contributed by atoms with Gasteiger partial charge in [-0.2, -0.15) is 5.10 Å². The van der Waals surface area contributed by atoms with Crippen LogP contribution in [-0.2, 0) is 22.6 Å². The standard InChI is InChI=1S/C18H25N3O2S/c1-6-16-18(23-10-1)17(14-20(16)13-15-5-2-12-24-15)22-11-4-9-21-8-3-7-19-21/h2-3,5,7-8,12,16-18H,1,4,6,9-11,13-14H2/t16-,17+,18+/m1/s1. The lowest BCUT2D eigenvalue weighted by atomic mass is 10.0. The van der Waals surface area contributed by atoms with Crippen molar-refractivity contribution < 1.29 is 9.47 Å². The molecule has 5 nitrogen and oxygen atoms in total. The van der Waals surface area contributed by atoms with E-state index in [9.17, 15) is 0 Å². The van der Waals surface area contributed by atoms with Gasteiger partial charge >= 0.3 is 0 Å². The van der Waals surface area contributed by atoms with Crippen molar-refractivity contribution in [3.63, 3.8) is 0 Å². The molecule has 0 bridgehead atoms. The zero-order chi connectivity index (χ0) is 16.2. The highest BCUT2D eigenvalue weighted by molar-refractivity contribution is 7.09. The molecular formula is C18H25N3O2S. The van der Waals surface area contributed by atoms with Crippen LogP contribution in [0.4, 0.5) is 0 Å². The number of hydrogen-bond acceptors (Lipinski definition) is 5. The summed E-state index contributed by atoms with van der Waals surface area (Å²) in [5.74, 6) is 0. The fourth-order valence-electron chi connectivity index (χ4n) is 3.83. The van der Waals surface area contributed by atoms with Crippen molar-refractivity contribution in [2.75, 3.05) is 19.8 Å². The smallest absolute Gasteiger partial charge is 0.100 e. The van der Waals surface area contributed by atoms with Gasteiger partial charge < -0.3 is 9.47 Å². The average Bonchev–Trinajstić information content (AvgIpc) is 3.35. The zero-order valence-electron chi connectivity index (χ0n) is 13.9. The van der Waals surface area contributed by atoms with E-state index in [1.54, 1.807) is 0 Å². The third-order valence-corrected chi connectivity index (χ3v) is 5.81. The molecule has 2 aromatic rings. The van der Waals surface area contributed by atoms with Crippen molar-refractivity contribution in [2.45, 2.75) is 50.6 Å². The number of aryl methyl sites for hydroxylation is 1. The predicted molar refractivity (Wildman–Crippen MR) is 94.1 cm³/mol. The quantitative estimate of drug-likeness (QED) is 0.722. The van der Waals surface area contributed by atoms with Crippen LogP contribution in [-0.4, -0.2) is 52.7 Å². The number of rotatable bonds is 7. The summed E-state index contributed by atoms with van der Waals surface area (Å²) in [5, 5.41) is 6.39. The Morgan fingerprint density at radius 2 is 2.38 bits per heavy atom. The minimum absolute atomic E-state index is 0.202. The Labute approximate surface area is 147 Å². The van der Waals surface area contributed by atoms with E-state index in [1.165, 1.54) is 11.3 Å². The van der Waals surface area contributed by atoms with Crippen molar-refractivity contribution in [1.82, 2.24) is 14.7 Å². The molecule has 0 spiro atoms. The van der Waals surface area contributed by atoms with Gasteiger partial charge in [0.1, 0.15) is 6.10 Å². The Kier molecular flexibility index (Phi) is 5.27. The lowest BCUT2D eigenvalue weighted by Crippen LogP contribution is -2.41. The van der Waals surface area contributed by atoms with Gasteiger partial charge in [-0.1, -0.05) is 6.07 Å². The van der Waals surface area contributed by atoms with Crippen LogP contribution in [0, 0.1) is 0 Å². The molecule has 0 radical (unpaired) electrons. The molecule has 3 atom stereocenters. The summed E-state index contributed by atoms with van der Waals surface area (Å²) in [6, 6.07) is 6.83. The lowest BCUT2D eigenvalue weighted by molar-refractivity contribution is -0.0780. The average molecular weight is 347 g/mol. The van der Waals surface area contributed by atoms with Crippen molar-refractivity contribution in [3.05, 3.63) is 40.8 Å². The van der Waals surface area contributed by atoms with Crippen LogP contribution in [0.1, 0.15) is 24.1 Å². The van der Waals surface area contributed by atoms with Crippen LogP contribution < -0.4 is 0 Å². The van der Waals surface area contributed by atoms with Crippen molar-refractivity contribution >= 4 is 11.3 Å². The first kappa shape index (κ1) is 16.3. The summed E-state index contributed by atoms with van der Waals surface area (Å²) in [6.07, 6.45) is 7.63. The first-order chi connectivity index (χ1) is 11.9. The van der Waals surface area contributed by atoms with Crippen LogP contribution in [0.25, 0.3) is 0 Å². The normalized spacial score (nSPS) is 27.4. The van der Waals surface area contributed by atoms with E-state index in [0.29, 0.717) is 6.04 Å². The second-order valence-electron chi connectivity index (χ2n) is 6.59. The molecule has 0 amide bonds. The number of likely N-dealkylation sites (tertiary alicyclic amines) is 1. The third kappa shape index (κ3) is 3.72. The van der Waals surface area contributed by atoms with E-state index in [1.807, 2.05) is 34.5 Å². The monoisotopic (exact) mass is 347 g/mol. The highest BCUT2D eigenvalue weighted by Crippen LogP contribution is 2.32. The fourth-order valence-corrected chi connectivity index (χ4v) is 4.56. The maximum absolute atomic E-state index is 6.22. The van der Waals surface area contributed by atoms with Crippen LogP contribution in [0.2, 0.25) is 0 Å². The van der Waals surface area contributed by atoms with Gasteiger partial charge in [0.05, 0.1) is 6.10 Å².